The Balaban J connectivity index is 1.25. The second-order valence-corrected chi connectivity index (χ2v) is 32.6. The maximum absolute atomic E-state index is 13.3. The van der Waals surface area contributed by atoms with Gasteiger partial charge in [-0.25, -0.2) is 19.6 Å². The number of aromatic nitrogens is 4. The molecule has 12 nitrogen and oxygen atoms in total. The summed E-state index contributed by atoms with van der Waals surface area (Å²) in [6.07, 6.45) is 8.96. The van der Waals surface area contributed by atoms with Gasteiger partial charge in [-0.05, 0) is 108 Å². The first-order valence-corrected chi connectivity index (χ1v) is 30.0. The number of likely N-dealkylation sites (tertiary alicyclic amines) is 2. The van der Waals surface area contributed by atoms with E-state index in [-0.39, 0.29) is 24.3 Å². The van der Waals surface area contributed by atoms with Gasteiger partial charge in [0.25, 0.3) is 0 Å². The first-order valence-electron chi connectivity index (χ1n) is 22.5. The molecule has 0 aliphatic carbocycles. The van der Waals surface area contributed by atoms with Crippen LogP contribution in [0, 0.1) is 0 Å². The lowest BCUT2D eigenvalue weighted by atomic mass is 10.1. The Morgan fingerprint density at radius 1 is 0.694 bits per heavy atom. The van der Waals surface area contributed by atoms with Gasteiger partial charge in [-0.1, -0.05) is 81.8 Å². The number of benzene rings is 2. The Hall–Kier alpha value is -4.25. The molecule has 0 N–H and O–H groups in total. The van der Waals surface area contributed by atoms with Gasteiger partial charge in [0.05, 0.1) is 35.0 Å². The highest BCUT2D eigenvalue weighted by Gasteiger charge is 2.38. The molecule has 2 atom stereocenters. The summed E-state index contributed by atoms with van der Waals surface area (Å²) < 4.78 is 28.6. The first-order chi connectivity index (χ1) is 29.1. The largest absolute Gasteiger partial charge is 0.444 e. The Kier molecular flexibility index (Phi) is 14.7. The molecule has 14 heteroatoms. The van der Waals surface area contributed by atoms with Gasteiger partial charge in [0.15, 0.2) is 0 Å². The van der Waals surface area contributed by atoms with E-state index < -0.39 is 27.3 Å². The van der Waals surface area contributed by atoms with Gasteiger partial charge >= 0.3 is 12.2 Å². The van der Waals surface area contributed by atoms with Crippen LogP contribution in [-0.2, 0) is 32.4 Å². The Morgan fingerprint density at radius 3 is 1.73 bits per heavy atom. The van der Waals surface area contributed by atoms with E-state index in [2.05, 4.69) is 103 Å². The lowest BCUT2D eigenvalue weighted by Gasteiger charge is -2.29. The molecule has 2 aromatic carbocycles. The van der Waals surface area contributed by atoms with Crippen LogP contribution < -0.4 is 0 Å². The summed E-state index contributed by atoms with van der Waals surface area (Å²) in [7, 11) is -2.57. The van der Waals surface area contributed by atoms with Gasteiger partial charge in [0, 0.05) is 42.5 Å². The molecule has 2 amide bonds. The van der Waals surface area contributed by atoms with Crippen molar-refractivity contribution in [3.63, 3.8) is 0 Å². The van der Waals surface area contributed by atoms with Crippen LogP contribution >= 0.6 is 0 Å². The summed E-state index contributed by atoms with van der Waals surface area (Å²) >= 11 is 0. The van der Waals surface area contributed by atoms with Crippen molar-refractivity contribution in [3.8, 4) is 11.3 Å². The number of nitrogens with zero attached hydrogens (tertiary/aromatic N) is 6. The third-order valence-electron chi connectivity index (χ3n) is 11.2. The minimum absolute atomic E-state index is 0.190. The van der Waals surface area contributed by atoms with E-state index in [1.165, 1.54) is 0 Å². The molecular weight excluding hydrogens is 813 g/mol. The van der Waals surface area contributed by atoms with Crippen molar-refractivity contribution in [1.29, 1.82) is 0 Å². The van der Waals surface area contributed by atoms with Crippen LogP contribution in [0.15, 0.2) is 48.7 Å². The molecule has 0 radical (unpaired) electrons. The minimum Gasteiger partial charge on any atom is -0.444 e. The number of amides is 2. The van der Waals surface area contributed by atoms with Crippen LogP contribution in [0.25, 0.3) is 34.4 Å². The number of carbonyl (C=O) groups excluding carboxylic acids is 2. The molecule has 2 aliphatic heterocycles. The molecule has 338 valence electrons. The number of imidazole rings is 2. The molecule has 4 heterocycles. The number of ether oxygens (including phenoxy) is 4. The maximum Gasteiger partial charge on any atom is 0.410 e. The normalized spacial score (nSPS) is 17.8. The highest BCUT2D eigenvalue weighted by Crippen LogP contribution is 2.37. The highest BCUT2D eigenvalue weighted by molar-refractivity contribution is 6.76. The summed E-state index contributed by atoms with van der Waals surface area (Å²) in [6, 6.07) is 16.6. The third-order valence-corrected chi connectivity index (χ3v) is 14.6. The molecule has 2 fully saturated rings. The Bertz CT molecular complexity index is 2190. The van der Waals surface area contributed by atoms with Crippen LogP contribution in [0.1, 0.15) is 102 Å². The van der Waals surface area contributed by atoms with Crippen LogP contribution in [0.3, 0.4) is 0 Å². The second-order valence-electron chi connectivity index (χ2n) is 21.4. The molecule has 0 bridgehead atoms. The molecule has 0 saturated carbocycles. The van der Waals surface area contributed by atoms with E-state index in [1.807, 2.05) is 57.5 Å². The van der Waals surface area contributed by atoms with Crippen molar-refractivity contribution in [2.75, 3.05) is 26.3 Å². The quantitative estimate of drug-likeness (QED) is 0.0659. The van der Waals surface area contributed by atoms with E-state index in [4.69, 9.17) is 28.9 Å². The summed E-state index contributed by atoms with van der Waals surface area (Å²) in [5.74, 6) is 1.66. The number of hydrogen-bond acceptors (Lipinski definition) is 8. The van der Waals surface area contributed by atoms with Crippen LogP contribution in [-0.4, -0.2) is 94.7 Å². The van der Waals surface area contributed by atoms with Gasteiger partial charge in [0.1, 0.15) is 36.3 Å². The van der Waals surface area contributed by atoms with Gasteiger partial charge in [0.2, 0.25) is 0 Å². The molecule has 2 saturated heterocycles. The van der Waals surface area contributed by atoms with Crippen molar-refractivity contribution in [1.82, 2.24) is 28.9 Å². The number of hydrogen-bond donors (Lipinski definition) is 0. The fraction of sp³-hybridized carbons (Fsp3) is 0.583. The summed E-state index contributed by atoms with van der Waals surface area (Å²) in [6.45, 7) is 28.9. The first kappa shape index (κ1) is 47.2. The molecule has 62 heavy (non-hydrogen) atoms. The molecule has 6 rings (SSSR count). The molecular formula is C48H72N6O6Si2. The average molecular weight is 885 g/mol. The zero-order chi connectivity index (χ0) is 45.0. The highest BCUT2D eigenvalue weighted by atomic mass is 28.3. The number of carbonyl (C=O) groups is 2. The molecule has 0 spiro atoms. The molecule has 4 aromatic rings. The second kappa shape index (κ2) is 19.2. The van der Waals surface area contributed by atoms with Gasteiger partial charge in [-0.3, -0.25) is 9.80 Å². The predicted molar refractivity (Wildman–Crippen MR) is 254 cm³/mol. The molecule has 2 aromatic heterocycles. The lowest BCUT2D eigenvalue weighted by molar-refractivity contribution is 0.0195. The Morgan fingerprint density at radius 2 is 1.19 bits per heavy atom. The van der Waals surface area contributed by atoms with E-state index in [9.17, 15) is 9.59 Å². The van der Waals surface area contributed by atoms with Crippen LogP contribution in [0.5, 0.6) is 0 Å². The van der Waals surface area contributed by atoms with Gasteiger partial charge in [-0.15, -0.1) is 0 Å². The zero-order valence-corrected chi connectivity index (χ0v) is 41.5. The standard InChI is InChI=1S/C48H72N6O6Si2/c1-47(2,3)59-45(55)51-25-13-15-39(51)43-49-32-42(54(43)34-58-28-30-62(10,11)12)37-22-19-35(20-23-37)17-18-36-21-24-38-41(31-36)53(33-57-27-29-61(7,8)9)44(50-38)40-16-14-26-52(40)46(56)60-48(4,5)6/h17-24,31-32,39-40H,13-16,25-30,33-34H2,1-12H3/b18-17+/t39?,40-/m0/s1. The fourth-order valence-corrected chi connectivity index (χ4v) is 9.36. The average Bonchev–Trinajstić information content (AvgIpc) is 3.98. The predicted octanol–water partition coefficient (Wildman–Crippen LogP) is 11.8. The summed E-state index contributed by atoms with van der Waals surface area (Å²) in [5, 5.41) is 0. The van der Waals surface area contributed by atoms with Crippen molar-refractivity contribution in [2.24, 2.45) is 0 Å². The topological polar surface area (TPSA) is 113 Å². The van der Waals surface area contributed by atoms with Crippen molar-refractivity contribution >= 4 is 51.5 Å². The molecule has 1 unspecified atom stereocenters. The zero-order valence-electron chi connectivity index (χ0n) is 39.5. The van der Waals surface area contributed by atoms with Crippen molar-refractivity contribution in [2.45, 2.75) is 155 Å². The van der Waals surface area contributed by atoms with Gasteiger partial charge in [-0.2, -0.15) is 0 Å². The van der Waals surface area contributed by atoms with Crippen molar-refractivity contribution in [3.05, 3.63) is 71.4 Å². The van der Waals surface area contributed by atoms with E-state index in [0.717, 1.165) is 82.8 Å². The van der Waals surface area contributed by atoms with E-state index >= 15 is 0 Å². The minimum atomic E-state index is -1.28. The molecule has 2 aliphatic rings. The summed E-state index contributed by atoms with van der Waals surface area (Å²) in [5.41, 5.74) is 4.76. The van der Waals surface area contributed by atoms with Crippen LogP contribution in [0.4, 0.5) is 9.59 Å². The number of rotatable bonds is 15. The van der Waals surface area contributed by atoms with Gasteiger partial charge < -0.3 is 28.1 Å². The lowest BCUT2D eigenvalue weighted by Crippen LogP contribution is -2.37. The Labute approximate surface area is 372 Å². The van der Waals surface area contributed by atoms with Crippen molar-refractivity contribution < 1.29 is 28.5 Å². The smallest absolute Gasteiger partial charge is 0.410 e. The summed E-state index contributed by atoms with van der Waals surface area (Å²) in [4.78, 5) is 40.4. The number of fused-ring (bicyclic) bond motifs is 1. The fourth-order valence-electron chi connectivity index (χ4n) is 7.85. The monoisotopic (exact) mass is 885 g/mol. The van der Waals surface area contributed by atoms with E-state index in [1.54, 1.807) is 0 Å². The SMILES string of the molecule is CC(C)(C)OC(=O)N1CCCC1c1ncc(-c2ccc(/C=C/c3ccc4nc([C@@H]5CCCN5C(=O)OC(C)(C)C)n(COCC[Si](C)(C)C)c4c3)cc2)n1COCC[Si](C)(C)C. The third kappa shape index (κ3) is 12.7. The van der Waals surface area contributed by atoms with E-state index in [0.29, 0.717) is 39.8 Å². The van der Waals surface area contributed by atoms with Crippen LogP contribution in [0.2, 0.25) is 51.4 Å². The maximum atomic E-state index is 13.3.